The Labute approximate surface area is 181 Å². The molecular formula is C21H26N4O3S2. The standard InChI is InChI=1S/C21H26N4O3S2/c1-6-25-19-10-8-7-9-17(19)23-21(25)29-15(3)20(26)22-18-13-16(12-11-14(18)2)30(27,28)24(4)5/h7-13,15H,6H2,1-5H3,(H,22,26)/t15-/m0/s1. The third-order valence-electron chi connectivity index (χ3n) is 4.83. The summed E-state index contributed by atoms with van der Waals surface area (Å²) in [5, 5.41) is 3.24. The second kappa shape index (κ2) is 8.79. The van der Waals surface area contributed by atoms with Gasteiger partial charge in [-0.05, 0) is 50.6 Å². The molecule has 0 aliphatic heterocycles. The van der Waals surface area contributed by atoms with E-state index < -0.39 is 15.3 Å². The summed E-state index contributed by atoms with van der Waals surface area (Å²) in [5.41, 5.74) is 3.21. The zero-order chi connectivity index (χ0) is 22.1. The monoisotopic (exact) mass is 446 g/mol. The molecule has 0 spiro atoms. The number of rotatable bonds is 7. The number of carbonyl (C=O) groups is 1. The van der Waals surface area contributed by atoms with Crippen molar-refractivity contribution >= 4 is 44.4 Å². The van der Waals surface area contributed by atoms with Gasteiger partial charge in [-0.25, -0.2) is 17.7 Å². The average molecular weight is 447 g/mol. The largest absolute Gasteiger partial charge is 0.325 e. The molecule has 3 aromatic rings. The van der Waals surface area contributed by atoms with Gasteiger partial charge in [0.05, 0.1) is 21.2 Å². The number of imidazole rings is 1. The van der Waals surface area contributed by atoms with Crippen molar-refractivity contribution in [2.45, 2.75) is 42.6 Å². The minimum atomic E-state index is -3.58. The summed E-state index contributed by atoms with van der Waals surface area (Å²) in [6.45, 7) is 6.44. The van der Waals surface area contributed by atoms with Gasteiger partial charge in [0.15, 0.2) is 5.16 Å². The molecule has 1 amide bonds. The van der Waals surface area contributed by atoms with E-state index in [1.54, 1.807) is 12.1 Å². The second-order valence-corrected chi connectivity index (χ2v) is 10.6. The van der Waals surface area contributed by atoms with E-state index in [0.29, 0.717) is 5.69 Å². The lowest BCUT2D eigenvalue weighted by Crippen LogP contribution is -2.25. The predicted octanol–water partition coefficient (Wildman–Crippen LogP) is 3.73. The van der Waals surface area contributed by atoms with Crippen molar-refractivity contribution in [3.05, 3.63) is 48.0 Å². The molecule has 0 aliphatic carbocycles. The van der Waals surface area contributed by atoms with Crippen LogP contribution in [0, 0.1) is 6.92 Å². The van der Waals surface area contributed by atoms with Crippen LogP contribution in [0.1, 0.15) is 19.4 Å². The topological polar surface area (TPSA) is 84.3 Å². The molecule has 1 heterocycles. The van der Waals surface area contributed by atoms with E-state index in [4.69, 9.17) is 0 Å². The first-order valence-electron chi connectivity index (χ1n) is 9.61. The zero-order valence-corrected chi connectivity index (χ0v) is 19.3. The summed E-state index contributed by atoms with van der Waals surface area (Å²) in [6, 6.07) is 12.6. The third kappa shape index (κ3) is 4.38. The molecule has 0 bridgehead atoms. The normalized spacial score (nSPS) is 13.0. The minimum absolute atomic E-state index is 0.140. The molecule has 0 radical (unpaired) electrons. The Balaban J connectivity index is 1.82. The van der Waals surface area contributed by atoms with E-state index in [0.717, 1.165) is 32.6 Å². The van der Waals surface area contributed by atoms with E-state index in [1.165, 1.54) is 31.9 Å². The first kappa shape index (κ1) is 22.3. The SMILES string of the molecule is CCn1c(S[C@@H](C)C(=O)Nc2cc(S(=O)(=O)N(C)C)ccc2C)nc2ccccc21. The smallest absolute Gasteiger partial charge is 0.242 e. The number of carbonyl (C=O) groups excluding carboxylic acids is 1. The van der Waals surface area contributed by atoms with Gasteiger partial charge < -0.3 is 9.88 Å². The van der Waals surface area contributed by atoms with Crippen molar-refractivity contribution in [2.75, 3.05) is 19.4 Å². The fraction of sp³-hybridized carbons (Fsp3) is 0.333. The Morgan fingerprint density at radius 2 is 1.93 bits per heavy atom. The van der Waals surface area contributed by atoms with Gasteiger partial charge in [-0.2, -0.15) is 0 Å². The van der Waals surface area contributed by atoms with Gasteiger partial charge in [0.1, 0.15) is 0 Å². The van der Waals surface area contributed by atoms with Gasteiger partial charge in [0, 0.05) is 26.3 Å². The van der Waals surface area contributed by atoms with Crippen LogP contribution >= 0.6 is 11.8 Å². The van der Waals surface area contributed by atoms with Gasteiger partial charge in [-0.1, -0.05) is 30.0 Å². The highest BCUT2D eigenvalue weighted by Gasteiger charge is 2.22. The molecule has 9 heteroatoms. The van der Waals surface area contributed by atoms with Crippen LogP contribution in [0.2, 0.25) is 0 Å². The van der Waals surface area contributed by atoms with Gasteiger partial charge >= 0.3 is 0 Å². The number of hydrogen-bond donors (Lipinski definition) is 1. The van der Waals surface area contributed by atoms with E-state index in [2.05, 4.69) is 14.9 Å². The molecule has 7 nitrogen and oxygen atoms in total. The van der Waals surface area contributed by atoms with E-state index in [1.807, 2.05) is 45.0 Å². The number of sulfonamides is 1. The third-order valence-corrected chi connectivity index (χ3v) is 7.73. The number of amides is 1. The average Bonchev–Trinajstić information content (AvgIpc) is 3.06. The lowest BCUT2D eigenvalue weighted by molar-refractivity contribution is -0.115. The Kier molecular flexibility index (Phi) is 6.54. The number of nitrogens with zero attached hydrogens (tertiary/aromatic N) is 3. The van der Waals surface area contributed by atoms with Crippen LogP contribution in [-0.2, 0) is 21.4 Å². The zero-order valence-electron chi connectivity index (χ0n) is 17.7. The van der Waals surface area contributed by atoms with Crippen LogP contribution < -0.4 is 5.32 Å². The van der Waals surface area contributed by atoms with Crippen LogP contribution in [0.5, 0.6) is 0 Å². The molecule has 1 aromatic heterocycles. The molecule has 30 heavy (non-hydrogen) atoms. The highest BCUT2D eigenvalue weighted by Crippen LogP contribution is 2.29. The van der Waals surface area contributed by atoms with Crippen LogP contribution in [0.3, 0.4) is 0 Å². The number of aryl methyl sites for hydroxylation is 2. The summed E-state index contributed by atoms with van der Waals surface area (Å²) in [6.07, 6.45) is 0. The lowest BCUT2D eigenvalue weighted by Gasteiger charge is -2.16. The van der Waals surface area contributed by atoms with Crippen molar-refractivity contribution in [2.24, 2.45) is 0 Å². The molecule has 0 fully saturated rings. The quantitative estimate of drug-likeness (QED) is 0.559. The van der Waals surface area contributed by atoms with Gasteiger partial charge in [0.2, 0.25) is 15.9 Å². The molecule has 1 N–H and O–H groups in total. The van der Waals surface area contributed by atoms with Crippen molar-refractivity contribution in [1.82, 2.24) is 13.9 Å². The first-order valence-corrected chi connectivity index (χ1v) is 11.9. The summed E-state index contributed by atoms with van der Waals surface area (Å²) in [4.78, 5) is 17.6. The molecule has 0 unspecified atom stereocenters. The number of fused-ring (bicyclic) bond motifs is 1. The van der Waals surface area contributed by atoms with Crippen molar-refractivity contribution in [1.29, 1.82) is 0 Å². The molecule has 2 aromatic carbocycles. The van der Waals surface area contributed by atoms with E-state index >= 15 is 0 Å². The van der Waals surface area contributed by atoms with Crippen LogP contribution in [0.15, 0.2) is 52.5 Å². The highest BCUT2D eigenvalue weighted by atomic mass is 32.2. The molecule has 3 rings (SSSR count). The first-order chi connectivity index (χ1) is 14.1. The van der Waals surface area contributed by atoms with Crippen molar-refractivity contribution in [3.8, 4) is 0 Å². The molecular weight excluding hydrogens is 420 g/mol. The Morgan fingerprint density at radius 3 is 2.60 bits per heavy atom. The number of nitrogens with one attached hydrogen (secondary N) is 1. The molecule has 0 saturated carbocycles. The van der Waals surface area contributed by atoms with Gasteiger partial charge in [0.25, 0.3) is 0 Å². The maximum absolute atomic E-state index is 12.8. The molecule has 160 valence electrons. The number of aromatic nitrogens is 2. The predicted molar refractivity (Wildman–Crippen MR) is 121 cm³/mol. The number of para-hydroxylation sites is 2. The fourth-order valence-corrected chi connectivity index (χ4v) is 4.92. The summed E-state index contributed by atoms with van der Waals surface area (Å²) in [5.74, 6) is -0.211. The molecule has 0 saturated heterocycles. The number of anilines is 1. The highest BCUT2D eigenvalue weighted by molar-refractivity contribution is 8.00. The molecule has 0 aliphatic rings. The van der Waals surface area contributed by atoms with Gasteiger partial charge in [-0.15, -0.1) is 0 Å². The molecule has 1 atom stereocenters. The Hall–Kier alpha value is -2.36. The van der Waals surface area contributed by atoms with E-state index in [-0.39, 0.29) is 10.8 Å². The van der Waals surface area contributed by atoms with Crippen molar-refractivity contribution in [3.63, 3.8) is 0 Å². The second-order valence-electron chi connectivity index (χ2n) is 7.14. The van der Waals surface area contributed by atoms with Gasteiger partial charge in [-0.3, -0.25) is 4.79 Å². The summed E-state index contributed by atoms with van der Waals surface area (Å²) < 4.78 is 28.1. The van der Waals surface area contributed by atoms with Crippen molar-refractivity contribution < 1.29 is 13.2 Å². The van der Waals surface area contributed by atoms with E-state index in [9.17, 15) is 13.2 Å². The number of hydrogen-bond acceptors (Lipinski definition) is 5. The Bertz CT molecular complexity index is 1190. The lowest BCUT2D eigenvalue weighted by atomic mass is 10.2. The maximum atomic E-state index is 12.8. The summed E-state index contributed by atoms with van der Waals surface area (Å²) >= 11 is 1.38. The summed E-state index contributed by atoms with van der Waals surface area (Å²) in [7, 11) is -0.625. The fourth-order valence-electron chi connectivity index (χ4n) is 3.00. The maximum Gasteiger partial charge on any atom is 0.242 e. The van der Waals surface area contributed by atoms with Crippen LogP contribution in [0.25, 0.3) is 11.0 Å². The van der Waals surface area contributed by atoms with Crippen LogP contribution in [-0.4, -0.2) is 47.5 Å². The number of thioether (sulfide) groups is 1. The van der Waals surface area contributed by atoms with Crippen LogP contribution in [0.4, 0.5) is 5.69 Å². The minimum Gasteiger partial charge on any atom is -0.325 e. The number of benzene rings is 2. The Morgan fingerprint density at radius 1 is 1.23 bits per heavy atom.